The van der Waals surface area contributed by atoms with Gasteiger partial charge in [-0.3, -0.25) is 4.90 Å². The first-order chi connectivity index (χ1) is 10.2. The molecule has 0 saturated carbocycles. The highest BCUT2D eigenvalue weighted by Gasteiger charge is 2.40. The summed E-state index contributed by atoms with van der Waals surface area (Å²) in [5.74, 6) is 0. The highest BCUT2D eigenvalue weighted by Crippen LogP contribution is 2.48. The van der Waals surface area contributed by atoms with Crippen LogP contribution in [0.15, 0.2) is 48.5 Å². The molecule has 4 rings (SSSR count). The van der Waals surface area contributed by atoms with Gasteiger partial charge in [0.2, 0.25) is 0 Å². The van der Waals surface area contributed by atoms with Gasteiger partial charge in [0.15, 0.2) is 0 Å². The summed E-state index contributed by atoms with van der Waals surface area (Å²) in [6.45, 7) is 5.33. The second kappa shape index (κ2) is 5.69. The average molecular weight is 315 g/mol. The van der Waals surface area contributed by atoms with E-state index in [1.54, 1.807) is 0 Å². The van der Waals surface area contributed by atoms with Crippen LogP contribution in [0.2, 0.25) is 0 Å². The Bertz CT molecular complexity index is 639. The highest BCUT2D eigenvalue weighted by atomic mass is 35.5. The zero-order chi connectivity index (χ0) is 14.4. The largest absolute Gasteiger partial charge is 0.330 e. The molecule has 3 heteroatoms. The number of benzene rings is 2. The SMILES string of the molecule is CC1(CN)CCN(C2c3ccccc3-c3ccccc32)C1.Cl. The van der Waals surface area contributed by atoms with Crippen molar-refractivity contribution in [1.29, 1.82) is 0 Å². The average Bonchev–Trinajstić information content (AvgIpc) is 3.06. The third kappa shape index (κ3) is 2.26. The first kappa shape index (κ1) is 15.5. The van der Waals surface area contributed by atoms with Crippen LogP contribution in [0, 0.1) is 5.41 Å². The van der Waals surface area contributed by atoms with E-state index in [0.29, 0.717) is 6.04 Å². The lowest BCUT2D eigenvalue weighted by molar-refractivity contribution is 0.243. The van der Waals surface area contributed by atoms with Gasteiger partial charge in [-0.25, -0.2) is 0 Å². The monoisotopic (exact) mass is 314 g/mol. The Kier molecular flexibility index (Phi) is 4.02. The molecule has 2 N–H and O–H groups in total. The fourth-order valence-electron chi connectivity index (χ4n) is 3.97. The lowest BCUT2D eigenvalue weighted by Crippen LogP contribution is -2.33. The molecule has 1 aliphatic heterocycles. The molecular weight excluding hydrogens is 292 g/mol. The summed E-state index contributed by atoms with van der Waals surface area (Å²) in [5, 5.41) is 0. The maximum Gasteiger partial charge on any atom is 0.0614 e. The number of hydrogen-bond acceptors (Lipinski definition) is 2. The van der Waals surface area contributed by atoms with Gasteiger partial charge in [-0.1, -0.05) is 55.5 Å². The summed E-state index contributed by atoms with van der Waals surface area (Å²) in [5.41, 5.74) is 12.0. The van der Waals surface area contributed by atoms with Gasteiger partial charge < -0.3 is 5.73 Å². The van der Waals surface area contributed by atoms with Gasteiger partial charge in [-0.2, -0.15) is 0 Å². The molecule has 2 nitrogen and oxygen atoms in total. The standard InChI is InChI=1S/C19H22N2.ClH/c1-19(12-20)10-11-21(13-19)18-16-8-4-2-6-14(16)15-7-3-5-9-17(15)18;/h2-9,18H,10-13,20H2,1H3;1H. The summed E-state index contributed by atoms with van der Waals surface area (Å²) in [6.07, 6.45) is 1.20. The molecule has 0 bridgehead atoms. The summed E-state index contributed by atoms with van der Waals surface area (Å²) >= 11 is 0. The molecule has 0 spiro atoms. The minimum atomic E-state index is 0. The quantitative estimate of drug-likeness (QED) is 0.912. The molecular formula is C19H23ClN2. The Morgan fingerprint density at radius 3 is 2.09 bits per heavy atom. The Morgan fingerprint density at radius 2 is 1.59 bits per heavy atom. The molecule has 1 saturated heterocycles. The van der Waals surface area contributed by atoms with Crippen LogP contribution < -0.4 is 5.73 Å². The van der Waals surface area contributed by atoms with Gasteiger partial charge in [-0.05, 0) is 47.2 Å². The fraction of sp³-hybridized carbons (Fsp3) is 0.368. The number of halogens is 1. The lowest BCUT2D eigenvalue weighted by Gasteiger charge is -2.28. The van der Waals surface area contributed by atoms with E-state index >= 15 is 0 Å². The first-order valence-electron chi connectivity index (χ1n) is 7.84. The fourth-order valence-corrected chi connectivity index (χ4v) is 3.97. The molecule has 2 aromatic carbocycles. The zero-order valence-electron chi connectivity index (χ0n) is 13.0. The van der Waals surface area contributed by atoms with E-state index in [2.05, 4.69) is 60.4 Å². The van der Waals surface area contributed by atoms with E-state index < -0.39 is 0 Å². The van der Waals surface area contributed by atoms with Crippen LogP contribution in [-0.2, 0) is 0 Å². The molecule has 2 aliphatic rings. The summed E-state index contributed by atoms with van der Waals surface area (Å²) < 4.78 is 0. The summed E-state index contributed by atoms with van der Waals surface area (Å²) in [7, 11) is 0. The Balaban J connectivity index is 0.00000144. The second-order valence-corrected chi connectivity index (χ2v) is 6.81. The molecule has 1 fully saturated rings. The van der Waals surface area contributed by atoms with E-state index in [-0.39, 0.29) is 17.8 Å². The molecule has 1 aliphatic carbocycles. The zero-order valence-corrected chi connectivity index (χ0v) is 13.8. The Hall–Kier alpha value is -1.35. The molecule has 2 aromatic rings. The van der Waals surface area contributed by atoms with Crippen LogP contribution in [0.4, 0.5) is 0 Å². The van der Waals surface area contributed by atoms with Gasteiger partial charge in [0.25, 0.3) is 0 Å². The molecule has 0 aromatic heterocycles. The van der Waals surface area contributed by atoms with Gasteiger partial charge in [0.1, 0.15) is 0 Å². The van der Waals surface area contributed by atoms with E-state index in [1.807, 2.05) is 0 Å². The van der Waals surface area contributed by atoms with Crippen molar-refractivity contribution in [1.82, 2.24) is 4.90 Å². The van der Waals surface area contributed by atoms with Gasteiger partial charge in [0.05, 0.1) is 6.04 Å². The van der Waals surface area contributed by atoms with Crippen molar-refractivity contribution < 1.29 is 0 Å². The number of nitrogens with two attached hydrogens (primary N) is 1. The normalized spacial score (nSPS) is 23.9. The van der Waals surface area contributed by atoms with Gasteiger partial charge in [-0.15, -0.1) is 12.4 Å². The third-order valence-electron chi connectivity index (χ3n) is 5.25. The number of likely N-dealkylation sites (tertiary alicyclic amines) is 1. The predicted octanol–water partition coefficient (Wildman–Crippen LogP) is 3.85. The number of fused-ring (bicyclic) bond motifs is 3. The van der Waals surface area contributed by atoms with Crippen LogP contribution in [0.3, 0.4) is 0 Å². The maximum atomic E-state index is 5.99. The van der Waals surface area contributed by atoms with Crippen molar-refractivity contribution in [2.24, 2.45) is 11.1 Å². The van der Waals surface area contributed by atoms with Crippen molar-refractivity contribution in [3.8, 4) is 11.1 Å². The van der Waals surface area contributed by atoms with Crippen molar-refractivity contribution in [2.75, 3.05) is 19.6 Å². The Morgan fingerprint density at radius 1 is 1.05 bits per heavy atom. The molecule has 1 heterocycles. The second-order valence-electron chi connectivity index (χ2n) is 6.81. The molecule has 116 valence electrons. The van der Waals surface area contributed by atoms with E-state index in [4.69, 9.17) is 5.73 Å². The molecule has 0 radical (unpaired) electrons. The summed E-state index contributed by atoms with van der Waals surface area (Å²) in [6, 6.07) is 18.1. The number of rotatable bonds is 2. The van der Waals surface area contributed by atoms with Crippen molar-refractivity contribution in [3.63, 3.8) is 0 Å². The van der Waals surface area contributed by atoms with E-state index in [1.165, 1.54) is 28.7 Å². The van der Waals surface area contributed by atoms with Crippen molar-refractivity contribution >= 4 is 12.4 Å². The molecule has 22 heavy (non-hydrogen) atoms. The minimum absolute atomic E-state index is 0. The van der Waals surface area contributed by atoms with Gasteiger partial charge in [0, 0.05) is 6.54 Å². The molecule has 0 amide bonds. The van der Waals surface area contributed by atoms with Crippen LogP contribution >= 0.6 is 12.4 Å². The van der Waals surface area contributed by atoms with Crippen molar-refractivity contribution in [3.05, 3.63) is 59.7 Å². The van der Waals surface area contributed by atoms with Crippen molar-refractivity contribution in [2.45, 2.75) is 19.4 Å². The maximum absolute atomic E-state index is 5.99. The van der Waals surface area contributed by atoms with Crippen LogP contribution in [0.1, 0.15) is 30.5 Å². The van der Waals surface area contributed by atoms with E-state index in [9.17, 15) is 0 Å². The number of nitrogens with zero attached hydrogens (tertiary/aromatic N) is 1. The highest BCUT2D eigenvalue weighted by molar-refractivity contribution is 5.85. The van der Waals surface area contributed by atoms with E-state index in [0.717, 1.165) is 19.6 Å². The van der Waals surface area contributed by atoms with Gasteiger partial charge >= 0.3 is 0 Å². The minimum Gasteiger partial charge on any atom is -0.330 e. The molecule has 1 atom stereocenters. The van der Waals surface area contributed by atoms with Crippen LogP contribution in [0.5, 0.6) is 0 Å². The first-order valence-corrected chi connectivity index (χ1v) is 7.84. The van der Waals surface area contributed by atoms with Crippen LogP contribution in [0.25, 0.3) is 11.1 Å². The third-order valence-corrected chi connectivity index (χ3v) is 5.25. The molecule has 1 unspecified atom stereocenters. The van der Waals surface area contributed by atoms with Crippen LogP contribution in [-0.4, -0.2) is 24.5 Å². The predicted molar refractivity (Wildman–Crippen MR) is 94.3 cm³/mol. The number of hydrogen-bond donors (Lipinski definition) is 1. The Labute approximate surface area is 138 Å². The summed E-state index contributed by atoms with van der Waals surface area (Å²) in [4.78, 5) is 2.62. The smallest absolute Gasteiger partial charge is 0.0614 e. The topological polar surface area (TPSA) is 29.3 Å². The lowest BCUT2D eigenvalue weighted by atomic mass is 9.90.